The van der Waals surface area contributed by atoms with Crippen LogP contribution in [0, 0.1) is 40.9 Å². The van der Waals surface area contributed by atoms with Gasteiger partial charge in [-0.25, -0.2) is 0 Å². The van der Waals surface area contributed by atoms with E-state index >= 15 is 0 Å². The van der Waals surface area contributed by atoms with Crippen molar-refractivity contribution in [3.63, 3.8) is 0 Å². The molecule has 0 aliphatic heterocycles. The fourth-order valence-electron chi connectivity index (χ4n) is 7.44. The minimum atomic E-state index is -1.26. The van der Waals surface area contributed by atoms with Gasteiger partial charge in [0.05, 0.1) is 6.42 Å². The van der Waals surface area contributed by atoms with Crippen LogP contribution in [0.3, 0.4) is 0 Å². The van der Waals surface area contributed by atoms with Gasteiger partial charge in [-0.1, -0.05) is 25.3 Å². The van der Waals surface area contributed by atoms with Gasteiger partial charge in [-0.05, 0) is 80.6 Å². The number of terminal acetylenes is 1. The molecule has 0 radical (unpaired) electrons. The smallest absolute Gasteiger partial charge is 0.307 e. The van der Waals surface area contributed by atoms with Gasteiger partial charge in [-0.15, -0.1) is 6.42 Å². The van der Waals surface area contributed by atoms with E-state index in [9.17, 15) is 19.5 Å². The number of ether oxygens (including phenoxy) is 1. The van der Waals surface area contributed by atoms with E-state index in [0.29, 0.717) is 30.6 Å². The number of carbonyl (C=O) groups excluding carboxylic acids is 3. The van der Waals surface area contributed by atoms with E-state index in [2.05, 4.69) is 19.8 Å². The zero-order valence-electron chi connectivity index (χ0n) is 18.0. The van der Waals surface area contributed by atoms with Crippen LogP contribution in [-0.4, -0.2) is 23.3 Å². The second-order valence-electron chi connectivity index (χ2n) is 10.3. The lowest BCUT2D eigenvalue weighted by molar-refractivity contribution is -0.305. The first-order valence-corrected chi connectivity index (χ1v) is 11.3. The summed E-state index contributed by atoms with van der Waals surface area (Å²) in [5.41, 5.74) is 0.149. The summed E-state index contributed by atoms with van der Waals surface area (Å²) in [5.74, 6) is 2.71. The van der Waals surface area contributed by atoms with E-state index < -0.39 is 17.5 Å². The molecule has 6 atom stereocenters. The Morgan fingerprint density at radius 2 is 1.87 bits per heavy atom. The maximum atomic E-state index is 12.4. The molecule has 4 aliphatic rings. The van der Waals surface area contributed by atoms with Crippen LogP contribution >= 0.6 is 0 Å². The topological polar surface area (TPSA) is 83.5 Å². The molecule has 3 fully saturated rings. The van der Waals surface area contributed by atoms with Gasteiger partial charge in [0.2, 0.25) is 0 Å². The number of allylic oxidation sites excluding steroid dienone is 1. The molecule has 0 saturated heterocycles. The highest BCUT2D eigenvalue weighted by molar-refractivity contribution is 5.91. The molecule has 0 aromatic carbocycles. The molecule has 0 N–H and O–H groups in total. The Balaban J connectivity index is 1.58. The first kappa shape index (κ1) is 21.2. The van der Waals surface area contributed by atoms with E-state index in [1.54, 1.807) is 0 Å². The zero-order chi connectivity index (χ0) is 21.7. The van der Waals surface area contributed by atoms with Crippen molar-refractivity contribution in [1.82, 2.24) is 0 Å². The summed E-state index contributed by atoms with van der Waals surface area (Å²) in [4.78, 5) is 35.1. The lowest BCUT2D eigenvalue weighted by Gasteiger charge is -2.58. The van der Waals surface area contributed by atoms with Crippen molar-refractivity contribution in [3.05, 3.63) is 11.6 Å². The second kappa shape index (κ2) is 7.25. The van der Waals surface area contributed by atoms with Crippen LogP contribution < -0.4 is 5.11 Å². The lowest BCUT2D eigenvalue weighted by atomic mass is 9.46. The number of rotatable bonds is 4. The van der Waals surface area contributed by atoms with Gasteiger partial charge in [0.15, 0.2) is 11.4 Å². The zero-order valence-corrected chi connectivity index (χ0v) is 18.0. The summed E-state index contributed by atoms with van der Waals surface area (Å²) >= 11 is 0. The Hall–Kier alpha value is -2.09. The van der Waals surface area contributed by atoms with Gasteiger partial charge < -0.3 is 14.6 Å². The van der Waals surface area contributed by atoms with Gasteiger partial charge in [-0.2, -0.15) is 0 Å². The maximum absolute atomic E-state index is 12.4. The first-order chi connectivity index (χ1) is 14.1. The summed E-state index contributed by atoms with van der Waals surface area (Å²) in [5, 5.41) is 10.7. The molecule has 0 bridgehead atoms. The van der Waals surface area contributed by atoms with Crippen LogP contribution in [0.2, 0.25) is 0 Å². The highest BCUT2D eigenvalue weighted by Crippen LogP contribution is 2.68. The Bertz CT molecular complexity index is 850. The van der Waals surface area contributed by atoms with Crippen LogP contribution in [0.15, 0.2) is 11.6 Å². The predicted octanol–water partition coefficient (Wildman–Crippen LogP) is 2.96. The number of aliphatic carboxylic acids is 1. The quantitative estimate of drug-likeness (QED) is 0.525. The molecule has 0 amide bonds. The number of esters is 1. The van der Waals surface area contributed by atoms with E-state index in [0.717, 1.165) is 38.5 Å². The number of ketones is 1. The van der Waals surface area contributed by atoms with Gasteiger partial charge in [-0.3, -0.25) is 9.59 Å². The maximum Gasteiger partial charge on any atom is 0.307 e. The fraction of sp³-hybridized carbons (Fsp3) is 0.720. The number of carbonyl (C=O) groups is 3. The molecule has 4 rings (SSSR count). The van der Waals surface area contributed by atoms with Crippen molar-refractivity contribution in [3.8, 4) is 12.3 Å². The summed E-state index contributed by atoms with van der Waals surface area (Å²) in [6.07, 6.45) is 14.4. The van der Waals surface area contributed by atoms with Crippen LogP contribution in [0.4, 0.5) is 0 Å². The van der Waals surface area contributed by atoms with Gasteiger partial charge in [0, 0.05) is 17.8 Å². The second-order valence-corrected chi connectivity index (χ2v) is 10.3. The van der Waals surface area contributed by atoms with Crippen LogP contribution in [0.5, 0.6) is 0 Å². The Kier molecular flexibility index (Phi) is 5.11. The summed E-state index contributed by atoms with van der Waals surface area (Å²) in [6.45, 7) is 4.51. The van der Waals surface area contributed by atoms with Gasteiger partial charge >= 0.3 is 5.97 Å². The molecule has 0 aromatic rings. The van der Waals surface area contributed by atoms with Crippen LogP contribution in [0.1, 0.15) is 78.1 Å². The number of carboxylic acids is 1. The Morgan fingerprint density at radius 1 is 1.13 bits per heavy atom. The van der Waals surface area contributed by atoms with E-state index in [4.69, 9.17) is 11.2 Å². The molecule has 0 spiro atoms. The average Bonchev–Trinajstić information content (AvgIpc) is 2.99. The largest absolute Gasteiger partial charge is 0.550 e. The van der Waals surface area contributed by atoms with E-state index in [1.165, 1.54) is 5.57 Å². The third-order valence-corrected chi connectivity index (χ3v) is 9.14. The highest BCUT2D eigenvalue weighted by Gasteiger charge is 2.65. The van der Waals surface area contributed by atoms with Crippen molar-refractivity contribution in [2.45, 2.75) is 83.7 Å². The van der Waals surface area contributed by atoms with Gasteiger partial charge in [0.25, 0.3) is 0 Å². The minimum absolute atomic E-state index is 0.0880. The Labute approximate surface area is 178 Å². The third kappa shape index (κ3) is 3.02. The molecule has 3 saturated carbocycles. The normalized spacial score (nSPS) is 42.2. The van der Waals surface area contributed by atoms with Crippen molar-refractivity contribution in [2.75, 3.05) is 0 Å². The third-order valence-electron chi connectivity index (χ3n) is 9.14. The highest BCUT2D eigenvalue weighted by atomic mass is 16.6. The molecule has 0 unspecified atom stereocenters. The first-order valence-electron chi connectivity index (χ1n) is 11.3. The monoisotopic (exact) mass is 411 g/mol. The van der Waals surface area contributed by atoms with Crippen molar-refractivity contribution < 1.29 is 24.2 Å². The lowest BCUT2D eigenvalue weighted by Crippen LogP contribution is -2.55. The average molecular weight is 412 g/mol. The molecular weight excluding hydrogens is 380 g/mol. The molecule has 0 aromatic heterocycles. The number of carboxylic acid groups (broad SMARTS) is 1. The molecule has 4 aliphatic carbocycles. The standard InChI is InChI=1S/C25H32O5/c1-4-25(30-22(29)8-7-21(27)28)14-11-20-18-6-5-16-15-17(26)9-12-23(16,2)19(18)10-13-24(20,25)3/h1,15,18-20H,5-14H2,2-3H3,(H,27,28)/p-1/t18-,19+,20-,23+,24-,25-/m0/s1. The summed E-state index contributed by atoms with van der Waals surface area (Å²) in [6, 6.07) is 0. The minimum Gasteiger partial charge on any atom is -0.550 e. The SMILES string of the molecule is C#C[C@]1(OC(=O)CCC(=O)[O-])CC[C@H]2[C@H]3CCC4=CC(=O)CC[C@@]4(C)[C@@H]3CC[C@@]21C. The molecule has 30 heavy (non-hydrogen) atoms. The number of hydrogen-bond donors (Lipinski definition) is 0. The Morgan fingerprint density at radius 3 is 2.57 bits per heavy atom. The molecule has 5 nitrogen and oxygen atoms in total. The molecule has 162 valence electrons. The van der Waals surface area contributed by atoms with Gasteiger partial charge in [0.1, 0.15) is 0 Å². The summed E-state index contributed by atoms with van der Waals surface area (Å²) in [7, 11) is 0. The predicted molar refractivity (Wildman–Crippen MR) is 109 cm³/mol. The molecule has 5 heteroatoms. The van der Waals surface area contributed by atoms with Crippen LogP contribution in [0.25, 0.3) is 0 Å². The van der Waals surface area contributed by atoms with Crippen molar-refractivity contribution in [2.24, 2.45) is 28.6 Å². The molecule has 0 heterocycles. The number of fused-ring (bicyclic) bond motifs is 5. The number of hydrogen-bond acceptors (Lipinski definition) is 5. The van der Waals surface area contributed by atoms with Crippen molar-refractivity contribution >= 4 is 17.7 Å². The fourth-order valence-corrected chi connectivity index (χ4v) is 7.44. The van der Waals surface area contributed by atoms with E-state index in [1.807, 2.05) is 6.08 Å². The van der Waals surface area contributed by atoms with Crippen LogP contribution in [-0.2, 0) is 19.1 Å². The molecular formula is C25H31O5-. The van der Waals surface area contributed by atoms with E-state index in [-0.39, 0.29) is 29.5 Å². The van der Waals surface area contributed by atoms with Crippen molar-refractivity contribution in [1.29, 1.82) is 0 Å². The summed E-state index contributed by atoms with van der Waals surface area (Å²) < 4.78 is 5.87.